The van der Waals surface area contributed by atoms with E-state index < -0.39 is 41.5 Å². The minimum atomic E-state index is -5.27. The molecule has 1 heterocycles. The Bertz CT molecular complexity index is 550. The van der Waals surface area contributed by atoms with Crippen LogP contribution in [0.4, 0.5) is 22.0 Å². The summed E-state index contributed by atoms with van der Waals surface area (Å²) in [7, 11) is 0. The van der Waals surface area contributed by atoms with E-state index in [2.05, 4.69) is 9.72 Å². The third kappa shape index (κ3) is 3.51. The van der Waals surface area contributed by atoms with E-state index in [1.807, 2.05) is 0 Å². The molecule has 5 nitrogen and oxygen atoms in total. The molecule has 0 saturated carbocycles. The van der Waals surface area contributed by atoms with E-state index >= 15 is 0 Å². The molecule has 0 aromatic carbocycles. The van der Waals surface area contributed by atoms with Crippen molar-refractivity contribution in [2.45, 2.75) is 12.8 Å². The lowest BCUT2D eigenvalue weighted by Crippen LogP contribution is -2.20. The number of alkyl halides is 5. The molecule has 0 saturated heterocycles. The Morgan fingerprint density at radius 2 is 2.05 bits per heavy atom. The molecule has 0 aliphatic rings. The Morgan fingerprint density at radius 3 is 2.42 bits per heavy atom. The Morgan fingerprint density at radius 1 is 1.47 bits per heavy atom. The van der Waals surface area contributed by atoms with Gasteiger partial charge in [0.15, 0.2) is 5.69 Å². The number of aromatic nitrogens is 1. The summed E-state index contributed by atoms with van der Waals surface area (Å²) in [5.74, 6) is -3.42. The molecule has 0 amide bonds. The van der Waals surface area contributed by atoms with Gasteiger partial charge in [-0.3, -0.25) is 0 Å². The molecule has 1 N–H and O–H groups in total. The molecule has 102 valence electrons. The van der Waals surface area contributed by atoms with Crippen molar-refractivity contribution in [1.29, 1.82) is 5.26 Å². The molecule has 0 radical (unpaired) electrons. The number of aromatic carboxylic acids is 1. The van der Waals surface area contributed by atoms with Gasteiger partial charge in [0.1, 0.15) is 11.6 Å². The highest BCUT2D eigenvalue weighted by Crippen LogP contribution is 2.30. The molecule has 0 fully saturated rings. The molecular weight excluding hydrogens is 279 g/mol. The van der Waals surface area contributed by atoms with Crippen LogP contribution in [0.25, 0.3) is 0 Å². The quantitative estimate of drug-likeness (QED) is 0.861. The number of rotatable bonds is 3. The van der Waals surface area contributed by atoms with Crippen LogP contribution < -0.4 is 4.74 Å². The fraction of sp³-hybridized carbons (Fsp3) is 0.222. The molecule has 0 atom stereocenters. The highest BCUT2D eigenvalue weighted by atomic mass is 19.4. The van der Waals surface area contributed by atoms with Gasteiger partial charge in [0, 0.05) is 0 Å². The number of nitrogens with zero attached hydrogens (tertiary/aromatic N) is 2. The van der Waals surface area contributed by atoms with E-state index in [0.717, 1.165) is 6.07 Å². The maximum absolute atomic E-state index is 12.5. The van der Waals surface area contributed by atoms with Gasteiger partial charge in [-0.2, -0.15) is 5.26 Å². The smallest absolute Gasteiger partial charge is 0.477 e. The minimum Gasteiger partial charge on any atom is -0.477 e. The minimum absolute atomic E-state index is 0.222. The number of carboxylic acids is 1. The van der Waals surface area contributed by atoms with Crippen molar-refractivity contribution in [3.63, 3.8) is 0 Å². The highest BCUT2D eigenvalue weighted by molar-refractivity contribution is 5.90. The number of ether oxygens (including phenoxy) is 1. The zero-order valence-electron chi connectivity index (χ0n) is 8.70. The second-order valence-corrected chi connectivity index (χ2v) is 3.04. The van der Waals surface area contributed by atoms with Gasteiger partial charge in [0.25, 0.3) is 6.43 Å². The van der Waals surface area contributed by atoms with Crippen LogP contribution >= 0.6 is 0 Å². The van der Waals surface area contributed by atoms with Crippen LogP contribution in [0.1, 0.15) is 28.0 Å². The molecule has 0 spiro atoms. The first-order valence-corrected chi connectivity index (χ1v) is 4.38. The molecule has 0 unspecified atom stereocenters. The maximum Gasteiger partial charge on any atom is 0.574 e. The highest BCUT2D eigenvalue weighted by Gasteiger charge is 2.35. The van der Waals surface area contributed by atoms with Crippen LogP contribution in [0.15, 0.2) is 6.07 Å². The molecule has 19 heavy (non-hydrogen) atoms. The summed E-state index contributed by atoms with van der Waals surface area (Å²) in [6.45, 7) is 0. The summed E-state index contributed by atoms with van der Waals surface area (Å²) in [5, 5.41) is 17.1. The first-order chi connectivity index (χ1) is 8.65. The summed E-state index contributed by atoms with van der Waals surface area (Å²) in [6, 6.07) is 1.36. The maximum atomic E-state index is 12.5. The van der Waals surface area contributed by atoms with E-state index in [0.29, 0.717) is 0 Å². The van der Waals surface area contributed by atoms with Gasteiger partial charge in [0.05, 0.1) is 5.56 Å². The van der Waals surface area contributed by atoms with Gasteiger partial charge in [-0.15, -0.1) is 13.2 Å². The normalized spacial score (nSPS) is 11.2. The molecule has 0 aliphatic carbocycles. The van der Waals surface area contributed by atoms with Crippen LogP contribution in [0.3, 0.4) is 0 Å². The fourth-order valence-corrected chi connectivity index (χ4v) is 1.11. The van der Waals surface area contributed by atoms with Crippen molar-refractivity contribution in [3.8, 4) is 11.9 Å². The third-order valence-corrected chi connectivity index (χ3v) is 1.80. The van der Waals surface area contributed by atoms with Gasteiger partial charge in [0.2, 0.25) is 5.88 Å². The first-order valence-electron chi connectivity index (χ1n) is 4.38. The SMILES string of the molecule is N#Cc1nc(OC(F)(F)F)c(C(=O)O)cc1C(F)F. The van der Waals surface area contributed by atoms with Crippen LogP contribution in [-0.4, -0.2) is 22.4 Å². The number of pyridine rings is 1. The second kappa shape index (κ2) is 5.05. The molecule has 10 heteroatoms. The molecule has 0 aliphatic heterocycles. The molecule has 1 aromatic heterocycles. The number of nitriles is 1. The summed E-state index contributed by atoms with van der Waals surface area (Å²) in [6.07, 6.45) is -8.53. The lowest BCUT2D eigenvalue weighted by molar-refractivity contribution is -0.276. The van der Waals surface area contributed by atoms with Crippen LogP contribution in [0.5, 0.6) is 5.88 Å². The summed E-state index contributed by atoms with van der Waals surface area (Å²) >= 11 is 0. The Hall–Kier alpha value is -2.44. The van der Waals surface area contributed by atoms with E-state index in [-0.39, 0.29) is 6.07 Å². The van der Waals surface area contributed by atoms with Crippen molar-refractivity contribution < 1.29 is 36.6 Å². The number of hydrogen-bond donors (Lipinski definition) is 1. The van der Waals surface area contributed by atoms with E-state index in [1.165, 1.54) is 0 Å². The predicted octanol–water partition coefficient (Wildman–Crippen LogP) is 2.49. The largest absolute Gasteiger partial charge is 0.574 e. The standard InChI is InChI=1S/C9H3F5N2O3/c10-6(11)3-1-4(8(17)18)7(16-5(3)2-15)19-9(12,13)14/h1,6H,(H,17,18). The fourth-order valence-electron chi connectivity index (χ4n) is 1.11. The van der Waals surface area contributed by atoms with Crippen LogP contribution in [-0.2, 0) is 0 Å². The number of carbonyl (C=O) groups is 1. The summed E-state index contributed by atoms with van der Waals surface area (Å²) in [5.41, 5.74) is -3.35. The van der Waals surface area contributed by atoms with Gasteiger partial charge in [-0.1, -0.05) is 0 Å². The van der Waals surface area contributed by atoms with Gasteiger partial charge in [-0.05, 0) is 6.07 Å². The number of hydrogen-bond acceptors (Lipinski definition) is 4. The van der Waals surface area contributed by atoms with Gasteiger partial charge < -0.3 is 9.84 Å². The lowest BCUT2D eigenvalue weighted by Gasteiger charge is -2.12. The monoisotopic (exact) mass is 282 g/mol. The summed E-state index contributed by atoms with van der Waals surface area (Å²) < 4.78 is 64.2. The van der Waals surface area contributed by atoms with Crippen LogP contribution in [0, 0.1) is 11.3 Å². The Labute approximate surface area is 101 Å². The van der Waals surface area contributed by atoms with E-state index in [1.54, 1.807) is 0 Å². The molecule has 1 aromatic rings. The van der Waals surface area contributed by atoms with Crippen molar-refractivity contribution in [1.82, 2.24) is 4.98 Å². The van der Waals surface area contributed by atoms with Gasteiger partial charge >= 0.3 is 12.3 Å². The lowest BCUT2D eigenvalue weighted by atomic mass is 10.1. The zero-order chi connectivity index (χ0) is 14.8. The Kier molecular flexibility index (Phi) is 3.89. The summed E-state index contributed by atoms with van der Waals surface area (Å²) in [4.78, 5) is 13.5. The predicted molar refractivity (Wildman–Crippen MR) is 47.6 cm³/mol. The van der Waals surface area contributed by atoms with E-state index in [4.69, 9.17) is 10.4 Å². The van der Waals surface area contributed by atoms with Crippen molar-refractivity contribution in [3.05, 3.63) is 22.9 Å². The third-order valence-electron chi connectivity index (χ3n) is 1.80. The van der Waals surface area contributed by atoms with Crippen molar-refractivity contribution >= 4 is 5.97 Å². The first kappa shape index (κ1) is 14.6. The van der Waals surface area contributed by atoms with Crippen molar-refractivity contribution in [2.75, 3.05) is 0 Å². The van der Waals surface area contributed by atoms with Gasteiger partial charge in [-0.25, -0.2) is 18.6 Å². The van der Waals surface area contributed by atoms with Crippen molar-refractivity contribution in [2.24, 2.45) is 0 Å². The Balaban J connectivity index is 3.46. The number of halogens is 5. The second-order valence-electron chi connectivity index (χ2n) is 3.04. The molecule has 0 bridgehead atoms. The molecule has 1 rings (SSSR count). The average Bonchev–Trinajstić information content (AvgIpc) is 2.25. The molecular formula is C9H3F5N2O3. The number of carboxylic acid groups (broad SMARTS) is 1. The topological polar surface area (TPSA) is 83.2 Å². The van der Waals surface area contributed by atoms with E-state index in [9.17, 15) is 26.7 Å². The average molecular weight is 282 g/mol. The zero-order valence-corrected chi connectivity index (χ0v) is 8.70. The van der Waals surface area contributed by atoms with Crippen LogP contribution in [0.2, 0.25) is 0 Å².